The lowest BCUT2D eigenvalue weighted by Crippen LogP contribution is -2.36. The molecular formula is C21H27FN2O. The van der Waals surface area contributed by atoms with E-state index in [1.165, 1.54) is 23.4 Å². The molecule has 1 amide bonds. The largest absolute Gasteiger partial charge is 0.349 e. The minimum atomic E-state index is -0.374. The summed E-state index contributed by atoms with van der Waals surface area (Å²) in [6.07, 6.45) is 3.19. The predicted octanol–water partition coefficient (Wildman–Crippen LogP) is 5.26. The van der Waals surface area contributed by atoms with Crippen LogP contribution in [0, 0.1) is 11.7 Å². The molecular weight excluding hydrogens is 315 g/mol. The van der Waals surface area contributed by atoms with E-state index in [0.717, 1.165) is 12.8 Å². The van der Waals surface area contributed by atoms with E-state index >= 15 is 0 Å². The van der Waals surface area contributed by atoms with E-state index in [9.17, 15) is 9.18 Å². The lowest BCUT2D eigenvalue weighted by atomic mass is 9.95. The van der Waals surface area contributed by atoms with Crippen LogP contribution < -0.4 is 5.32 Å². The molecule has 0 saturated heterocycles. The molecule has 3 nitrogen and oxygen atoms in total. The van der Waals surface area contributed by atoms with Crippen LogP contribution in [-0.2, 0) is 0 Å². The average Bonchev–Trinajstić information content (AvgIpc) is 2.53. The predicted molar refractivity (Wildman–Crippen MR) is 101 cm³/mol. The van der Waals surface area contributed by atoms with Gasteiger partial charge in [0.2, 0.25) is 0 Å². The number of allylic oxidation sites excluding steroid dienone is 1. The zero-order valence-corrected chi connectivity index (χ0v) is 15.7. The van der Waals surface area contributed by atoms with Crippen molar-refractivity contribution in [2.45, 2.75) is 53.5 Å². The first-order valence-corrected chi connectivity index (χ1v) is 8.76. The first kappa shape index (κ1) is 19.1. The van der Waals surface area contributed by atoms with Gasteiger partial charge < -0.3 is 5.32 Å². The molecule has 0 saturated carbocycles. The lowest BCUT2D eigenvalue weighted by Gasteiger charge is -2.22. The van der Waals surface area contributed by atoms with Gasteiger partial charge in [-0.3, -0.25) is 9.78 Å². The maximum atomic E-state index is 13.7. The number of carbonyl (C=O) groups excluding carboxylic acids is 1. The number of rotatable bonds is 6. The first-order valence-electron chi connectivity index (χ1n) is 8.76. The third kappa shape index (κ3) is 5.12. The molecule has 0 spiro atoms. The quantitative estimate of drug-likeness (QED) is 0.727. The number of pyridine rings is 1. The minimum Gasteiger partial charge on any atom is -0.349 e. The monoisotopic (exact) mass is 342 g/mol. The first-order chi connectivity index (χ1) is 11.8. The van der Waals surface area contributed by atoms with Gasteiger partial charge in [0.1, 0.15) is 11.3 Å². The Morgan fingerprint density at radius 1 is 1.24 bits per heavy atom. The van der Waals surface area contributed by atoms with Crippen LogP contribution in [0.4, 0.5) is 4.39 Å². The average molecular weight is 342 g/mol. The maximum Gasteiger partial charge on any atom is 0.253 e. The van der Waals surface area contributed by atoms with Gasteiger partial charge in [-0.1, -0.05) is 37.1 Å². The molecule has 2 rings (SSSR count). The molecule has 1 aromatic carbocycles. The topological polar surface area (TPSA) is 42.0 Å². The number of hydrogen-bond donors (Lipinski definition) is 1. The van der Waals surface area contributed by atoms with Crippen LogP contribution >= 0.6 is 0 Å². The van der Waals surface area contributed by atoms with E-state index in [0.29, 0.717) is 16.9 Å². The Morgan fingerprint density at radius 3 is 2.60 bits per heavy atom. The van der Waals surface area contributed by atoms with Gasteiger partial charge >= 0.3 is 0 Å². The molecule has 1 atom stereocenters. The second kappa shape index (κ2) is 8.24. The number of nitrogens with zero attached hydrogens (tertiary/aromatic N) is 1. The van der Waals surface area contributed by atoms with Crippen LogP contribution in [0.3, 0.4) is 0 Å². The van der Waals surface area contributed by atoms with Crippen molar-refractivity contribution in [1.29, 1.82) is 0 Å². The number of aromatic nitrogens is 1. The van der Waals surface area contributed by atoms with Gasteiger partial charge in [-0.2, -0.15) is 0 Å². The van der Waals surface area contributed by atoms with E-state index in [1.807, 2.05) is 0 Å². The van der Waals surface area contributed by atoms with E-state index in [4.69, 9.17) is 0 Å². The molecule has 0 aliphatic heterocycles. The number of para-hydroxylation sites is 1. The van der Waals surface area contributed by atoms with Crippen molar-refractivity contribution >= 4 is 16.8 Å². The summed E-state index contributed by atoms with van der Waals surface area (Å²) in [5, 5.41) is 3.76. The summed E-state index contributed by atoms with van der Waals surface area (Å²) in [4.78, 5) is 16.8. The smallest absolute Gasteiger partial charge is 0.253 e. The van der Waals surface area contributed by atoms with Gasteiger partial charge in [-0.25, -0.2) is 4.39 Å². The summed E-state index contributed by atoms with van der Waals surface area (Å²) in [6, 6.07) is 6.53. The highest BCUT2D eigenvalue weighted by molar-refractivity contribution is 5.97. The van der Waals surface area contributed by atoms with Gasteiger partial charge in [0.05, 0.1) is 5.56 Å². The van der Waals surface area contributed by atoms with Crippen molar-refractivity contribution in [2.75, 3.05) is 0 Å². The number of amides is 1. The van der Waals surface area contributed by atoms with Crippen molar-refractivity contribution in [1.82, 2.24) is 10.3 Å². The van der Waals surface area contributed by atoms with Crippen molar-refractivity contribution in [3.63, 3.8) is 0 Å². The van der Waals surface area contributed by atoms with Gasteiger partial charge in [-0.05, 0) is 51.7 Å². The van der Waals surface area contributed by atoms with Crippen molar-refractivity contribution < 1.29 is 9.18 Å². The minimum absolute atomic E-state index is 0.0746. The van der Waals surface area contributed by atoms with E-state index < -0.39 is 0 Å². The standard InChI is InChI=1S/C21H27FN2O/c1-13(2)9-18(10-15(5)14(3)4)24-21(25)17-11-16-7-6-8-19(22)20(16)23-12-17/h6-8,11-13,18H,9-10H2,1-5H3,(H,24,25). The van der Waals surface area contributed by atoms with E-state index in [1.54, 1.807) is 18.2 Å². The zero-order valence-electron chi connectivity index (χ0n) is 15.7. The number of fused-ring (bicyclic) bond motifs is 1. The molecule has 0 radical (unpaired) electrons. The Balaban J connectivity index is 2.21. The molecule has 1 heterocycles. The number of carbonyl (C=O) groups is 1. The summed E-state index contributed by atoms with van der Waals surface area (Å²) in [7, 11) is 0. The highest BCUT2D eigenvalue weighted by atomic mass is 19.1. The molecule has 0 fully saturated rings. The zero-order chi connectivity index (χ0) is 18.6. The Bertz CT molecular complexity index is 792. The van der Waals surface area contributed by atoms with Gasteiger partial charge in [0.15, 0.2) is 0 Å². The maximum absolute atomic E-state index is 13.7. The lowest BCUT2D eigenvalue weighted by molar-refractivity contribution is 0.0932. The summed E-state index contributed by atoms with van der Waals surface area (Å²) in [5.41, 5.74) is 3.33. The Morgan fingerprint density at radius 2 is 1.96 bits per heavy atom. The van der Waals surface area contributed by atoms with E-state index in [2.05, 4.69) is 44.9 Å². The Kier molecular flexibility index (Phi) is 6.29. The highest BCUT2D eigenvalue weighted by Gasteiger charge is 2.17. The van der Waals surface area contributed by atoms with Crippen LogP contribution in [-0.4, -0.2) is 16.9 Å². The van der Waals surface area contributed by atoms with Crippen molar-refractivity contribution in [3.8, 4) is 0 Å². The van der Waals surface area contributed by atoms with Crippen LogP contribution in [0.15, 0.2) is 41.6 Å². The van der Waals surface area contributed by atoms with Gasteiger partial charge in [0.25, 0.3) is 5.91 Å². The second-order valence-electron chi connectivity index (χ2n) is 7.32. The number of nitrogens with one attached hydrogen (secondary N) is 1. The summed E-state index contributed by atoms with van der Waals surface area (Å²) in [5.74, 6) is -0.0497. The molecule has 134 valence electrons. The SMILES string of the molecule is CC(C)=C(C)CC(CC(C)C)NC(=O)c1cnc2c(F)cccc2c1. The Labute approximate surface area is 149 Å². The molecule has 1 unspecified atom stereocenters. The third-order valence-corrected chi connectivity index (χ3v) is 4.42. The van der Waals surface area contributed by atoms with Crippen LogP contribution in [0.1, 0.15) is 57.8 Å². The fourth-order valence-electron chi connectivity index (χ4n) is 2.85. The summed E-state index contributed by atoms with van der Waals surface area (Å²) in [6.45, 7) is 10.6. The third-order valence-electron chi connectivity index (χ3n) is 4.42. The second-order valence-corrected chi connectivity index (χ2v) is 7.32. The molecule has 25 heavy (non-hydrogen) atoms. The number of hydrogen-bond acceptors (Lipinski definition) is 2. The highest BCUT2D eigenvalue weighted by Crippen LogP contribution is 2.19. The van der Waals surface area contributed by atoms with Gasteiger partial charge in [0, 0.05) is 17.6 Å². The van der Waals surface area contributed by atoms with Crippen LogP contribution in [0.5, 0.6) is 0 Å². The molecule has 1 N–H and O–H groups in total. The molecule has 0 aliphatic rings. The molecule has 0 bridgehead atoms. The van der Waals surface area contributed by atoms with Crippen LogP contribution in [0.2, 0.25) is 0 Å². The Hall–Kier alpha value is -2.23. The summed E-state index contributed by atoms with van der Waals surface area (Å²) >= 11 is 0. The number of halogens is 1. The summed E-state index contributed by atoms with van der Waals surface area (Å²) < 4.78 is 13.7. The molecule has 4 heteroatoms. The molecule has 2 aromatic rings. The van der Waals surface area contributed by atoms with Crippen LogP contribution in [0.25, 0.3) is 10.9 Å². The number of benzene rings is 1. The van der Waals surface area contributed by atoms with Crippen molar-refractivity contribution in [2.24, 2.45) is 5.92 Å². The molecule has 1 aromatic heterocycles. The van der Waals surface area contributed by atoms with Gasteiger partial charge in [-0.15, -0.1) is 0 Å². The normalized spacial score (nSPS) is 12.3. The molecule has 0 aliphatic carbocycles. The fraction of sp³-hybridized carbons (Fsp3) is 0.429. The van der Waals surface area contributed by atoms with E-state index in [-0.39, 0.29) is 23.3 Å². The van der Waals surface area contributed by atoms with Crippen molar-refractivity contribution in [3.05, 3.63) is 53.0 Å². The fourth-order valence-corrected chi connectivity index (χ4v) is 2.85.